The fraction of sp³-hybridized carbons (Fsp3) is 0.286. The van der Waals surface area contributed by atoms with Crippen molar-refractivity contribution < 1.29 is 23.1 Å². The van der Waals surface area contributed by atoms with Gasteiger partial charge in [0.2, 0.25) is 11.3 Å². The molecule has 0 bridgehead atoms. The predicted molar refractivity (Wildman–Crippen MR) is 39.5 cm³/mol. The van der Waals surface area contributed by atoms with Gasteiger partial charge in [-0.1, -0.05) is 11.6 Å². The van der Waals surface area contributed by atoms with E-state index in [2.05, 4.69) is 0 Å². The van der Waals surface area contributed by atoms with E-state index in [1.54, 1.807) is 0 Å². The van der Waals surface area contributed by atoms with E-state index in [1.807, 2.05) is 0 Å². The summed E-state index contributed by atoms with van der Waals surface area (Å²) in [6.45, 7) is 0. The van der Waals surface area contributed by atoms with Gasteiger partial charge in [-0.2, -0.15) is 0 Å². The highest BCUT2D eigenvalue weighted by molar-refractivity contribution is 6.25. The smallest absolute Gasteiger partial charge is 0.335 e. The van der Waals surface area contributed by atoms with Gasteiger partial charge in [0, 0.05) is 0 Å². The van der Waals surface area contributed by atoms with Crippen LogP contribution in [0.2, 0.25) is 0 Å². The van der Waals surface area contributed by atoms with Crippen molar-refractivity contribution in [1.29, 1.82) is 0 Å². The Bertz CT molecular complexity index is 309. The molecule has 13 heavy (non-hydrogen) atoms. The molecular weight excluding hydrogens is 209 g/mol. The van der Waals surface area contributed by atoms with Gasteiger partial charge in [0.05, 0.1) is 5.57 Å². The summed E-state index contributed by atoms with van der Waals surface area (Å²) >= 11 is 4.89. The summed E-state index contributed by atoms with van der Waals surface area (Å²) in [4.78, 5) is 10.3. The summed E-state index contributed by atoms with van der Waals surface area (Å²) in [6.07, 6.45) is -1.94. The number of rotatable bonds is 1. The number of hydrogen-bond acceptors (Lipinski definition) is 1. The largest absolute Gasteiger partial charge is 0.478 e. The van der Waals surface area contributed by atoms with E-state index < -0.39 is 28.7 Å². The van der Waals surface area contributed by atoms with Crippen LogP contribution in [0.25, 0.3) is 0 Å². The molecule has 1 rings (SSSR count). The molecule has 2 unspecified atom stereocenters. The van der Waals surface area contributed by atoms with Crippen LogP contribution < -0.4 is 0 Å². The summed E-state index contributed by atoms with van der Waals surface area (Å²) in [5, 5.41) is 5.23. The average Bonchev–Trinajstić information content (AvgIpc) is 1.99. The number of allylic oxidation sites excluding steroid dienone is 2. The molecule has 2 atom stereocenters. The lowest BCUT2D eigenvalue weighted by Gasteiger charge is -2.21. The third-order valence-electron chi connectivity index (χ3n) is 1.47. The molecule has 72 valence electrons. The number of alkyl halides is 3. The van der Waals surface area contributed by atoms with Crippen LogP contribution in [0.3, 0.4) is 0 Å². The normalized spacial score (nSPS) is 33.7. The molecule has 0 saturated heterocycles. The van der Waals surface area contributed by atoms with Crippen LogP contribution >= 0.6 is 11.6 Å². The summed E-state index contributed by atoms with van der Waals surface area (Å²) in [5.74, 6) is -3.10. The highest BCUT2D eigenvalue weighted by Crippen LogP contribution is 2.36. The van der Waals surface area contributed by atoms with Crippen molar-refractivity contribution in [1.82, 2.24) is 0 Å². The van der Waals surface area contributed by atoms with Gasteiger partial charge in [-0.15, -0.1) is 0 Å². The van der Waals surface area contributed by atoms with Crippen LogP contribution in [0, 0.1) is 0 Å². The van der Waals surface area contributed by atoms with Gasteiger partial charge in [-0.05, 0) is 12.2 Å². The van der Waals surface area contributed by atoms with Crippen molar-refractivity contribution >= 4 is 17.6 Å². The van der Waals surface area contributed by atoms with E-state index in [0.717, 1.165) is 0 Å². The van der Waals surface area contributed by atoms with E-state index in [0.29, 0.717) is 12.2 Å². The molecule has 1 aliphatic carbocycles. The van der Waals surface area contributed by atoms with E-state index >= 15 is 0 Å². The zero-order valence-corrected chi connectivity index (χ0v) is 6.86. The summed E-state index contributed by atoms with van der Waals surface area (Å²) in [6, 6.07) is 0. The number of hydrogen-bond donors (Lipinski definition) is 1. The molecule has 1 N–H and O–H groups in total. The molecule has 0 radical (unpaired) electrons. The quantitative estimate of drug-likeness (QED) is 0.676. The molecule has 0 aromatic heterocycles. The summed E-state index contributed by atoms with van der Waals surface area (Å²) < 4.78 is 38.0. The van der Waals surface area contributed by atoms with Gasteiger partial charge in [-0.3, -0.25) is 0 Å². The molecule has 0 spiro atoms. The van der Waals surface area contributed by atoms with Crippen LogP contribution in [0.4, 0.5) is 13.2 Å². The molecule has 0 aromatic rings. The molecular formula is C7H4ClF3O2. The van der Waals surface area contributed by atoms with Crippen molar-refractivity contribution in [2.45, 2.75) is 11.3 Å². The first-order valence-electron chi connectivity index (χ1n) is 3.19. The molecule has 0 amide bonds. The Kier molecular flexibility index (Phi) is 2.38. The van der Waals surface area contributed by atoms with Gasteiger partial charge >= 0.3 is 5.97 Å². The minimum absolute atomic E-state index is 0.324. The summed E-state index contributed by atoms with van der Waals surface area (Å²) in [5.41, 5.74) is -0.705. The monoisotopic (exact) mass is 212 g/mol. The minimum Gasteiger partial charge on any atom is -0.478 e. The Labute approximate surface area is 76.3 Å². The Morgan fingerprint density at radius 2 is 2.23 bits per heavy atom. The zero-order chi connectivity index (χ0) is 10.2. The lowest BCUT2D eigenvalue weighted by Crippen LogP contribution is -2.31. The second-order valence-corrected chi connectivity index (χ2v) is 3.05. The Morgan fingerprint density at radius 3 is 2.62 bits per heavy atom. The van der Waals surface area contributed by atoms with Gasteiger partial charge in [-0.25, -0.2) is 18.0 Å². The molecule has 0 fully saturated rings. The SMILES string of the molecule is O=C(O)C1=CC(F)(Cl)C(F)C(F)=C1. The molecule has 0 aromatic carbocycles. The standard InChI is InChI=1S/C7H4ClF3O2/c8-7(11)2-3(6(12)13)1-4(9)5(7)10/h1-2,5H,(H,12,13). The van der Waals surface area contributed by atoms with Crippen molar-refractivity contribution in [3.63, 3.8) is 0 Å². The van der Waals surface area contributed by atoms with Crippen molar-refractivity contribution in [2.24, 2.45) is 0 Å². The third kappa shape index (κ3) is 1.85. The maximum absolute atomic E-state index is 12.9. The lowest BCUT2D eigenvalue weighted by atomic mass is 10.0. The molecule has 1 aliphatic rings. The first-order valence-corrected chi connectivity index (χ1v) is 3.57. The predicted octanol–water partition coefficient (Wildman–Crippen LogP) is 2.11. The van der Waals surface area contributed by atoms with Crippen LogP contribution in [0.15, 0.2) is 23.6 Å². The Balaban J connectivity index is 3.11. The second kappa shape index (κ2) is 3.06. The van der Waals surface area contributed by atoms with Crippen LogP contribution in [-0.2, 0) is 4.79 Å². The van der Waals surface area contributed by atoms with E-state index in [4.69, 9.17) is 16.7 Å². The average molecular weight is 213 g/mol. The lowest BCUT2D eigenvalue weighted by molar-refractivity contribution is -0.132. The van der Waals surface area contributed by atoms with Crippen LogP contribution in [0.5, 0.6) is 0 Å². The topological polar surface area (TPSA) is 37.3 Å². The van der Waals surface area contributed by atoms with Crippen LogP contribution in [-0.4, -0.2) is 22.4 Å². The molecule has 0 saturated carbocycles. The summed E-state index contributed by atoms with van der Waals surface area (Å²) in [7, 11) is 0. The minimum atomic E-state index is -3.12. The molecule has 0 aliphatic heterocycles. The van der Waals surface area contributed by atoms with Gasteiger partial charge in [0.1, 0.15) is 5.83 Å². The number of aliphatic carboxylic acids is 1. The second-order valence-electron chi connectivity index (χ2n) is 2.47. The molecule has 0 heterocycles. The fourth-order valence-corrected chi connectivity index (χ4v) is 1.07. The maximum Gasteiger partial charge on any atom is 0.335 e. The van der Waals surface area contributed by atoms with E-state index in [-0.39, 0.29) is 0 Å². The highest BCUT2D eigenvalue weighted by atomic mass is 35.5. The fourth-order valence-electron chi connectivity index (χ4n) is 0.851. The molecule has 2 nitrogen and oxygen atoms in total. The molecule has 6 heteroatoms. The maximum atomic E-state index is 12.9. The number of halogens is 4. The zero-order valence-electron chi connectivity index (χ0n) is 6.10. The van der Waals surface area contributed by atoms with Crippen LogP contribution in [0.1, 0.15) is 0 Å². The first-order chi connectivity index (χ1) is 5.84. The van der Waals surface area contributed by atoms with Crippen molar-refractivity contribution in [3.05, 3.63) is 23.6 Å². The third-order valence-corrected chi connectivity index (χ3v) is 1.77. The Morgan fingerprint density at radius 1 is 1.69 bits per heavy atom. The van der Waals surface area contributed by atoms with Gasteiger partial charge in [0.15, 0.2) is 0 Å². The van der Waals surface area contributed by atoms with Gasteiger partial charge in [0.25, 0.3) is 0 Å². The van der Waals surface area contributed by atoms with Crippen molar-refractivity contribution in [3.8, 4) is 0 Å². The van der Waals surface area contributed by atoms with Crippen molar-refractivity contribution in [2.75, 3.05) is 0 Å². The number of carboxylic acids is 1. The number of carbonyl (C=O) groups is 1. The number of carboxylic acid groups (broad SMARTS) is 1. The highest BCUT2D eigenvalue weighted by Gasteiger charge is 2.42. The first kappa shape index (κ1) is 10.1. The van der Waals surface area contributed by atoms with E-state index in [1.165, 1.54) is 0 Å². The van der Waals surface area contributed by atoms with Gasteiger partial charge < -0.3 is 5.11 Å². The van der Waals surface area contributed by atoms with E-state index in [9.17, 15) is 18.0 Å². The Hall–Kier alpha value is -0.970.